The molecule has 1 heteroatoms. The Kier molecular flexibility index (Phi) is 3.82. The fourth-order valence-electron chi connectivity index (χ4n) is 2.29. The van der Waals surface area contributed by atoms with E-state index >= 15 is 0 Å². The Hall–Kier alpha value is -0.0900. The van der Waals surface area contributed by atoms with Gasteiger partial charge in [0, 0.05) is 0 Å². The van der Waals surface area contributed by atoms with E-state index in [9.17, 15) is 0 Å². The van der Waals surface area contributed by atoms with E-state index in [0.29, 0.717) is 10.3 Å². The van der Waals surface area contributed by atoms with Gasteiger partial charge in [-0.15, -0.1) is 0 Å². The van der Waals surface area contributed by atoms with E-state index in [-0.39, 0.29) is 7.92 Å². The van der Waals surface area contributed by atoms with Gasteiger partial charge in [-0.3, -0.25) is 0 Å². The lowest BCUT2D eigenvalue weighted by molar-refractivity contribution is 0.706. The highest BCUT2D eigenvalue weighted by atomic mass is 31.1. The average Bonchev–Trinajstić information content (AvgIpc) is 2.46. The van der Waals surface area contributed by atoms with Gasteiger partial charge in [0.15, 0.2) is 0 Å². The molecule has 0 amide bonds. The molecule has 0 unspecified atom stereocenters. The molecule has 0 aliphatic heterocycles. The summed E-state index contributed by atoms with van der Waals surface area (Å²) in [5.74, 6) is 0. The molecule has 0 bridgehead atoms. The van der Waals surface area contributed by atoms with Crippen LogP contribution in [-0.2, 0) is 0 Å². The maximum absolute atomic E-state index is 2.40. The monoisotopic (exact) mass is 224 g/mol. The summed E-state index contributed by atoms with van der Waals surface area (Å²) in [5, 5.41) is 0.911. The average molecular weight is 224 g/mol. The topological polar surface area (TPSA) is 0 Å². The Morgan fingerprint density at radius 3 is 1.93 bits per heavy atom. The van der Waals surface area contributed by atoms with Gasteiger partial charge in [-0.05, 0) is 22.9 Å². The van der Waals surface area contributed by atoms with Crippen molar-refractivity contribution in [3.05, 3.63) is 23.8 Å². The van der Waals surface area contributed by atoms with Crippen LogP contribution in [0.2, 0.25) is 0 Å². The molecule has 0 heterocycles. The second-order valence-corrected chi connectivity index (χ2v) is 10.2. The second kappa shape index (κ2) is 4.42. The van der Waals surface area contributed by atoms with Crippen LogP contribution in [-0.4, -0.2) is 16.5 Å². The predicted molar refractivity (Wildman–Crippen MR) is 73.1 cm³/mol. The van der Waals surface area contributed by atoms with Crippen LogP contribution in [0.5, 0.6) is 0 Å². The van der Waals surface area contributed by atoms with E-state index in [2.05, 4.69) is 59.8 Å². The van der Waals surface area contributed by atoms with Gasteiger partial charge in [-0.1, -0.05) is 73.3 Å². The SMILES string of the molecule is CC(C)(C)P(CC1=CC=CC1)C(C)(C)C. The molecule has 0 radical (unpaired) electrons. The summed E-state index contributed by atoms with van der Waals surface area (Å²) in [6.07, 6.45) is 9.29. The van der Waals surface area contributed by atoms with Gasteiger partial charge in [0.1, 0.15) is 0 Å². The zero-order valence-electron chi connectivity index (χ0n) is 11.1. The summed E-state index contributed by atoms with van der Waals surface area (Å²) in [4.78, 5) is 0. The molecule has 0 aromatic carbocycles. The van der Waals surface area contributed by atoms with Crippen LogP contribution < -0.4 is 0 Å². The Balaban J connectivity index is 2.75. The molecule has 0 spiro atoms. The maximum Gasteiger partial charge on any atom is -0.00988 e. The smallest absolute Gasteiger partial charge is 0.00988 e. The van der Waals surface area contributed by atoms with Crippen molar-refractivity contribution < 1.29 is 0 Å². The quantitative estimate of drug-likeness (QED) is 0.582. The third-order valence-electron chi connectivity index (χ3n) is 2.83. The molecule has 1 aliphatic carbocycles. The molecule has 15 heavy (non-hydrogen) atoms. The van der Waals surface area contributed by atoms with Crippen molar-refractivity contribution >= 4 is 7.92 Å². The lowest BCUT2D eigenvalue weighted by Gasteiger charge is -2.42. The summed E-state index contributed by atoms with van der Waals surface area (Å²) in [6.45, 7) is 14.4. The van der Waals surface area contributed by atoms with Gasteiger partial charge in [-0.2, -0.15) is 0 Å². The zero-order valence-corrected chi connectivity index (χ0v) is 12.0. The normalized spacial score (nSPS) is 17.4. The third-order valence-corrected chi connectivity index (χ3v) is 6.79. The molecule has 0 N–H and O–H groups in total. The Labute approximate surface area is 96.6 Å². The molecule has 1 aliphatic rings. The van der Waals surface area contributed by atoms with Crippen LogP contribution in [0.3, 0.4) is 0 Å². The van der Waals surface area contributed by atoms with Gasteiger partial charge in [-0.25, -0.2) is 0 Å². The molecule has 0 aromatic rings. The van der Waals surface area contributed by atoms with Crippen molar-refractivity contribution in [2.24, 2.45) is 0 Å². The van der Waals surface area contributed by atoms with Gasteiger partial charge in [0.25, 0.3) is 0 Å². The first-order valence-corrected chi connectivity index (χ1v) is 7.36. The number of rotatable bonds is 2. The molecule has 0 saturated heterocycles. The van der Waals surface area contributed by atoms with Crippen LogP contribution in [0.25, 0.3) is 0 Å². The van der Waals surface area contributed by atoms with Crippen molar-refractivity contribution in [1.82, 2.24) is 0 Å². The van der Waals surface area contributed by atoms with Crippen molar-refractivity contribution in [2.75, 3.05) is 6.16 Å². The van der Waals surface area contributed by atoms with E-state index in [4.69, 9.17) is 0 Å². The predicted octanol–water partition coefficient (Wildman–Crippen LogP) is 4.95. The number of allylic oxidation sites excluding steroid dienone is 4. The van der Waals surface area contributed by atoms with Crippen molar-refractivity contribution in [3.8, 4) is 0 Å². The van der Waals surface area contributed by atoms with Gasteiger partial charge in [0.2, 0.25) is 0 Å². The summed E-state index contributed by atoms with van der Waals surface area (Å²) < 4.78 is 0. The molecule has 0 saturated carbocycles. The molecular formula is C14H25P. The minimum atomic E-state index is 0.0379. The van der Waals surface area contributed by atoms with E-state index < -0.39 is 0 Å². The van der Waals surface area contributed by atoms with Crippen LogP contribution >= 0.6 is 7.92 Å². The van der Waals surface area contributed by atoms with Crippen LogP contribution in [0.15, 0.2) is 23.8 Å². The van der Waals surface area contributed by atoms with Gasteiger partial charge >= 0.3 is 0 Å². The van der Waals surface area contributed by atoms with E-state index in [1.165, 1.54) is 12.6 Å². The summed E-state index contributed by atoms with van der Waals surface area (Å²) >= 11 is 0. The highest BCUT2D eigenvalue weighted by molar-refractivity contribution is 7.61. The van der Waals surface area contributed by atoms with E-state index in [1.807, 2.05) is 0 Å². The van der Waals surface area contributed by atoms with Crippen LogP contribution in [0.1, 0.15) is 48.0 Å². The summed E-state index contributed by atoms with van der Waals surface area (Å²) in [5.41, 5.74) is 1.63. The van der Waals surface area contributed by atoms with E-state index in [1.54, 1.807) is 5.57 Å². The third kappa shape index (κ3) is 3.76. The Morgan fingerprint density at radius 2 is 1.60 bits per heavy atom. The van der Waals surface area contributed by atoms with Gasteiger partial charge in [0.05, 0.1) is 0 Å². The highest BCUT2D eigenvalue weighted by Crippen LogP contribution is 2.60. The Morgan fingerprint density at radius 1 is 1.07 bits per heavy atom. The Bertz CT molecular complexity index is 257. The second-order valence-electron chi connectivity index (χ2n) is 6.38. The number of hydrogen-bond acceptors (Lipinski definition) is 0. The minimum Gasteiger partial charge on any atom is -0.0915 e. The fourth-order valence-corrected chi connectivity index (χ4v) is 5.89. The lowest BCUT2D eigenvalue weighted by atomic mass is 10.2. The minimum absolute atomic E-state index is 0.0379. The first kappa shape index (κ1) is 13.0. The first-order chi connectivity index (χ1) is 6.71. The molecule has 0 aromatic heterocycles. The molecule has 0 atom stereocenters. The van der Waals surface area contributed by atoms with Crippen molar-refractivity contribution in [3.63, 3.8) is 0 Å². The fraction of sp³-hybridized carbons (Fsp3) is 0.714. The van der Waals surface area contributed by atoms with E-state index in [0.717, 1.165) is 0 Å². The lowest BCUT2D eigenvalue weighted by Crippen LogP contribution is -2.26. The highest BCUT2D eigenvalue weighted by Gasteiger charge is 2.34. The molecule has 1 rings (SSSR count). The van der Waals surface area contributed by atoms with Crippen LogP contribution in [0, 0.1) is 0 Å². The molecular weight excluding hydrogens is 199 g/mol. The molecule has 0 fully saturated rings. The van der Waals surface area contributed by atoms with Crippen molar-refractivity contribution in [2.45, 2.75) is 58.3 Å². The first-order valence-electron chi connectivity index (χ1n) is 5.83. The zero-order chi connectivity index (χ0) is 11.7. The van der Waals surface area contributed by atoms with Crippen LogP contribution in [0.4, 0.5) is 0 Å². The molecule has 0 nitrogen and oxygen atoms in total. The summed E-state index contributed by atoms with van der Waals surface area (Å²) in [6, 6.07) is 0. The molecule has 86 valence electrons. The summed E-state index contributed by atoms with van der Waals surface area (Å²) in [7, 11) is 0.0379. The van der Waals surface area contributed by atoms with Crippen molar-refractivity contribution in [1.29, 1.82) is 0 Å². The largest absolute Gasteiger partial charge is 0.0915 e. The van der Waals surface area contributed by atoms with Gasteiger partial charge < -0.3 is 0 Å². The maximum atomic E-state index is 2.40. The standard InChI is InChI=1S/C14H25P/c1-13(2,3)15(14(4,5)6)11-12-9-7-8-10-12/h7-9H,10-11H2,1-6H3. The number of hydrogen-bond donors (Lipinski definition) is 0.